The Balaban J connectivity index is 2.24. The van der Waals surface area contributed by atoms with E-state index in [1.54, 1.807) is 6.92 Å². The van der Waals surface area contributed by atoms with Gasteiger partial charge < -0.3 is 9.52 Å². The maximum Gasteiger partial charge on any atom is 0.316 e. The van der Waals surface area contributed by atoms with Crippen LogP contribution in [0.3, 0.4) is 0 Å². The summed E-state index contributed by atoms with van der Waals surface area (Å²) in [6.07, 6.45) is 0.346. The fraction of sp³-hybridized carbons (Fsp3) is 0.308. The number of aliphatic carboxylic acids is 1. The lowest BCUT2D eigenvalue weighted by molar-refractivity contribution is -0.139. The van der Waals surface area contributed by atoms with Gasteiger partial charge in [-0.05, 0) is 18.9 Å². The van der Waals surface area contributed by atoms with Gasteiger partial charge in [-0.2, -0.15) is 0 Å². The molecular weight excluding hydrogens is 232 g/mol. The SMILES string of the molecule is Cc1cccc(CC(C(=O)O)c2nnc(C)o2)c1. The molecule has 1 heterocycles. The van der Waals surface area contributed by atoms with E-state index in [4.69, 9.17) is 4.42 Å². The summed E-state index contributed by atoms with van der Waals surface area (Å²) in [5, 5.41) is 16.7. The quantitative estimate of drug-likeness (QED) is 0.893. The average molecular weight is 246 g/mol. The van der Waals surface area contributed by atoms with Gasteiger partial charge in [0.15, 0.2) is 0 Å². The normalized spacial score (nSPS) is 12.3. The van der Waals surface area contributed by atoms with Crippen LogP contribution in [0.5, 0.6) is 0 Å². The number of hydrogen-bond acceptors (Lipinski definition) is 4. The van der Waals surface area contributed by atoms with Crippen molar-refractivity contribution in [3.8, 4) is 0 Å². The zero-order valence-corrected chi connectivity index (χ0v) is 10.3. The van der Waals surface area contributed by atoms with Crippen molar-refractivity contribution in [3.63, 3.8) is 0 Å². The van der Waals surface area contributed by atoms with Gasteiger partial charge in [-0.15, -0.1) is 10.2 Å². The van der Waals surface area contributed by atoms with Gasteiger partial charge in [0.05, 0.1) is 0 Å². The highest BCUT2D eigenvalue weighted by atomic mass is 16.4. The second-order valence-corrected chi connectivity index (χ2v) is 4.24. The lowest BCUT2D eigenvalue weighted by Gasteiger charge is -2.08. The first-order chi connectivity index (χ1) is 8.56. The van der Waals surface area contributed by atoms with Crippen LogP contribution >= 0.6 is 0 Å². The Morgan fingerprint density at radius 1 is 1.39 bits per heavy atom. The van der Waals surface area contributed by atoms with Gasteiger partial charge in [0.2, 0.25) is 11.8 Å². The zero-order valence-electron chi connectivity index (χ0n) is 10.3. The maximum absolute atomic E-state index is 11.3. The summed E-state index contributed by atoms with van der Waals surface area (Å²) in [5.74, 6) is -1.23. The van der Waals surface area contributed by atoms with E-state index in [1.807, 2.05) is 31.2 Å². The molecule has 0 aliphatic carbocycles. The number of rotatable bonds is 4. The lowest BCUT2D eigenvalue weighted by Crippen LogP contribution is -2.15. The summed E-state index contributed by atoms with van der Waals surface area (Å²) < 4.78 is 5.21. The second kappa shape index (κ2) is 5.00. The molecular formula is C13H14N2O3. The number of carbonyl (C=O) groups is 1. The van der Waals surface area contributed by atoms with Gasteiger partial charge in [-0.25, -0.2) is 0 Å². The van der Waals surface area contributed by atoms with Crippen molar-refractivity contribution in [1.82, 2.24) is 10.2 Å². The molecule has 1 unspecified atom stereocenters. The number of carboxylic acids is 1. The van der Waals surface area contributed by atoms with Crippen molar-refractivity contribution < 1.29 is 14.3 Å². The molecule has 1 aromatic carbocycles. The Bertz CT molecular complexity index is 563. The molecule has 0 amide bonds. The minimum atomic E-state index is -0.958. The molecule has 94 valence electrons. The van der Waals surface area contributed by atoms with Crippen LogP contribution in [0.25, 0.3) is 0 Å². The number of hydrogen-bond donors (Lipinski definition) is 1. The highest BCUT2D eigenvalue weighted by Gasteiger charge is 2.26. The number of carboxylic acid groups (broad SMARTS) is 1. The Kier molecular flexibility index (Phi) is 3.41. The zero-order chi connectivity index (χ0) is 13.1. The van der Waals surface area contributed by atoms with Crippen molar-refractivity contribution in [3.05, 3.63) is 47.2 Å². The summed E-state index contributed by atoms with van der Waals surface area (Å²) in [4.78, 5) is 11.3. The van der Waals surface area contributed by atoms with Gasteiger partial charge in [0.1, 0.15) is 5.92 Å². The molecule has 0 saturated carbocycles. The van der Waals surface area contributed by atoms with E-state index in [-0.39, 0.29) is 5.89 Å². The van der Waals surface area contributed by atoms with E-state index >= 15 is 0 Å². The number of aryl methyl sites for hydroxylation is 2. The standard InChI is InChI=1S/C13H14N2O3/c1-8-4-3-5-10(6-8)7-11(13(16)17)12-15-14-9(2)18-12/h3-6,11H,7H2,1-2H3,(H,16,17). The molecule has 1 N–H and O–H groups in total. The summed E-state index contributed by atoms with van der Waals surface area (Å²) in [6, 6.07) is 7.73. The van der Waals surface area contributed by atoms with Crippen molar-refractivity contribution >= 4 is 5.97 Å². The Hall–Kier alpha value is -2.17. The molecule has 18 heavy (non-hydrogen) atoms. The van der Waals surface area contributed by atoms with Crippen LogP contribution < -0.4 is 0 Å². The third-order valence-corrected chi connectivity index (χ3v) is 2.66. The lowest BCUT2D eigenvalue weighted by atomic mass is 9.98. The van der Waals surface area contributed by atoms with Crippen LogP contribution in [-0.2, 0) is 11.2 Å². The van der Waals surface area contributed by atoms with Crippen LogP contribution in [0.1, 0.15) is 28.8 Å². The van der Waals surface area contributed by atoms with Gasteiger partial charge in [0.25, 0.3) is 0 Å². The average Bonchev–Trinajstić information content (AvgIpc) is 2.72. The number of nitrogens with zero attached hydrogens (tertiary/aromatic N) is 2. The van der Waals surface area contributed by atoms with E-state index in [0.29, 0.717) is 12.3 Å². The molecule has 1 aromatic heterocycles. The molecule has 5 nitrogen and oxygen atoms in total. The fourth-order valence-electron chi connectivity index (χ4n) is 1.81. The van der Waals surface area contributed by atoms with Crippen LogP contribution in [-0.4, -0.2) is 21.3 Å². The van der Waals surface area contributed by atoms with Gasteiger partial charge in [-0.3, -0.25) is 4.79 Å². The van der Waals surface area contributed by atoms with E-state index in [9.17, 15) is 9.90 Å². The van der Waals surface area contributed by atoms with Crippen molar-refractivity contribution in [1.29, 1.82) is 0 Å². The highest BCUT2D eigenvalue weighted by Crippen LogP contribution is 2.20. The first kappa shape index (κ1) is 12.3. The smallest absolute Gasteiger partial charge is 0.316 e. The molecule has 0 bridgehead atoms. The largest absolute Gasteiger partial charge is 0.481 e. The molecule has 0 fully saturated rings. The van der Waals surface area contributed by atoms with Crippen LogP contribution in [0.15, 0.2) is 28.7 Å². The molecule has 2 rings (SSSR count). The fourth-order valence-corrected chi connectivity index (χ4v) is 1.81. The minimum absolute atomic E-state index is 0.154. The first-order valence-corrected chi connectivity index (χ1v) is 5.64. The van der Waals surface area contributed by atoms with E-state index in [2.05, 4.69) is 10.2 Å². The molecule has 0 aliphatic heterocycles. The number of aromatic nitrogens is 2. The highest BCUT2D eigenvalue weighted by molar-refractivity contribution is 5.75. The third kappa shape index (κ3) is 2.74. The monoisotopic (exact) mass is 246 g/mol. The minimum Gasteiger partial charge on any atom is -0.481 e. The van der Waals surface area contributed by atoms with E-state index < -0.39 is 11.9 Å². The van der Waals surface area contributed by atoms with Crippen LogP contribution in [0, 0.1) is 13.8 Å². The summed E-state index contributed by atoms with van der Waals surface area (Å²) in [6.45, 7) is 3.61. The topological polar surface area (TPSA) is 76.2 Å². The van der Waals surface area contributed by atoms with Crippen molar-refractivity contribution in [2.75, 3.05) is 0 Å². The second-order valence-electron chi connectivity index (χ2n) is 4.24. The molecule has 5 heteroatoms. The third-order valence-electron chi connectivity index (χ3n) is 2.66. The van der Waals surface area contributed by atoms with Gasteiger partial charge >= 0.3 is 5.97 Å². The van der Waals surface area contributed by atoms with Gasteiger partial charge in [0, 0.05) is 6.92 Å². The molecule has 0 saturated heterocycles. The van der Waals surface area contributed by atoms with Crippen molar-refractivity contribution in [2.24, 2.45) is 0 Å². The Labute approximate surface area is 104 Å². The number of benzene rings is 1. The maximum atomic E-state index is 11.3. The Morgan fingerprint density at radius 3 is 2.72 bits per heavy atom. The van der Waals surface area contributed by atoms with Crippen LogP contribution in [0.2, 0.25) is 0 Å². The molecule has 1 atom stereocenters. The molecule has 0 aliphatic rings. The summed E-state index contributed by atoms with van der Waals surface area (Å²) in [5.41, 5.74) is 2.04. The predicted octanol–water partition coefficient (Wildman–Crippen LogP) is 2.10. The van der Waals surface area contributed by atoms with E-state index in [0.717, 1.165) is 11.1 Å². The summed E-state index contributed by atoms with van der Waals surface area (Å²) in [7, 11) is 0. The van der Waals surface area contributed by atoms with Crippen LogP contribution in [0.4, 0.5) is 0 Å². The molecule has 0 spiro atoms. The summed E-state index contributed by atoms with van der Waals surface area (Å²) >= 11 is 0. The van der Waals surface area contributed by atoms with E-state index in [1.165, 1.54) is 0 Å². The first-order valence-electron chi connectivity index (χ1n) is 5.64. The Morgan fingerprint density at radius 2 is 2.17 bits per heavy atom. The van der Waals surface area contributed by atoms with Gasteiger partial charge in [-0.1, -0.05) is 29.8 Å². The molecule has 0 radical (unpaired) electrons. The predicted molar refractivity (Wildman–Crippen MR) is 64.3 cm³/mol. The molecule has 2 aromatic rings. The van der Waals surface area contributed by atoms with Crippen molar-refractivity contribution in [2.45, 2.75) is 26.2 Å².